The first-order chi connectivity index (χ1) is 12.0. The summed E-state index contributed by atoms with van der Waals surface area (Å²) in [7, 11) is 0. The molecule has 0 bridgehead atoms. The molecule has 4 N–H and O–H groups in total. The normalized spacial score (nSPS) is 11.5. The number of carbonyl (C=O) groups excluding carboxylic acids is 1. The molecule has 0 saturated carbocycles. The van der Waals surface area contributed by atoms with Crippen LogP contribution in [0.3, 0.4) is 0 Å². The van der Waals surface area contributed by atoms with E-state index in [1.807, 2.05) is 24.3 Å². The number of phenols is 2. The van der Waals surface area contributed by atoms with Crippen molar-refractivity contribution in [2.24, 2.45) is 5.10 Å². The van der Waals surface area contributed by atoms with Crippen LogP contribution >= 0.6 is 11.3 Å². The largest absolute Gasteiger partial charge is 0.508 e. The molecule has 0 fully saturated rings. The number of nitrogens with one attached hydrogen (secondary N) is 2. The average Bonchev–Trinajstić information content (AvgIpc) is 3.01. The maximum Gasteiger partial charge on any atom is 0.259 e. The first-order valence-corrected chi connectivity index (χ1v) is 8.29. The van der Waals surface area contributed by atoms with Gasteiger partial charge in [-0.25, -0.2) is 10.4 Å². The molecule has 0 aliphatic rings. The zero-order valence-corrected chi connectivity index (χ0v) is 14.2. The van der Waals surface area contributed by atoms with E-state index in [4.69, 9.17) is 0 Å². The summed E-state index contributed by atoms with van der Waals surface area (Å²) in [5, 5.41) is 26.6. The highest BCUT2D eigenvalue weighted by Gasteiger charge is 2.08. The Morgan fingerprint density at radius 1 is 1.24 bits per heavy atom. The standard InChI is InChI=1S/C17H16N4O3S/c1-10(12-7-6-11(22)8-14(12)23)20-21-16(24)9-18-17-19-13-4-2-3-5-15(13)25-17/h2-8,22-23H,9H2,1H3,(H,18,19)(H,21,24)/b20-10+. The lowest BCUT2D eigenvalue weighted by Gasteiger charge is -2.06. The molecule has 1 aromatic heterocycles. The molecule has 1 heterocycles. The number of anilines is 1. The first-order valence-electron chi connectivity index (χ1n) is 7.48. The van der Waals surface area contributed by atoms with Gasteiger partial charge in [0.25, 0.3) is 5.91 Å². The quantitative estimate of drug-likeness (QED) is 0.415. The number of para-hydroxylation sites is 1. The number of hydrazone groups is 1. The van der Waals surface area contributed by atoms with Crippen molar-refractivity contribution >= 4 is 38.3 Å². The van der Waals surface area contributed by atoms with E-state index in [9.17, 15) is 15.0 Å². The zero-order valence-electron chi connectivity index (χ0n) is 13.4. The SMILES string of the molecule is C/C(=N\NC(=O)CNc1nc2ccccc2s1)c1ccc(O)cc1O. The fraction of sp³-hybridized carbons (Fsp3) is 0.118. The number of phenolic OH excluding ortho intramolecular Hbond substituents is 2. The number of aromatic hydroxyl groups is 2. The topological polar surface area (TPSA) is 107 Å². The van der Waals surface area contributed by atoms with Crippen LogP contribution in [0, 0.1) is 0 Å². The van der Waals surface area contributed by atoms with Crippen molar-refractivity contribution in [3.8, 4) is 11.5 Å². The predicted octanol–water partition coefficient (Wildman–Crippen LogP) is 2.66. The minimum Gasteiger partial charge on any atom is -0.508 e. The van der Waals surface area contributed by atoms with Gasteiger partial charge in [-0.1, -0.05) is 23.5 Å². The molecule has 25 heavy (non-hydrogen) atoms. The van der Waals surface area contributed by atoms with Gasteiger partial charge in [-0.05, 0) is 31.2 Å². The number of benzene rings is 2. The molecule has 3 aromatic rings. The minimum absolute atomic E-state index is 0.0260. The number of hydrogen-bond acceptors (Lipinski definition) is 7. The van der Waals surface area contributed by atoms with Gasteiger partial charge in [-0.15, -0.1) is 0 Å². The fourth-order valence-electron chi connectivity index (χ4n) is 2.18. The van der Waals surface area contributed by atoms with Gasteiger partial charge in [0, 0.05) is 11.6 Å². The van der Waals surface area contributed by atoms with E-state index in [-0.39, 0.29) is 24.0 Å². The van der Waals surface area contributed by atoms with Crippen molar-refractivity contribution in [2.45, 2.75) is 6.92 Å². The molecule has 0 radical (unpaired) electrons. The smallest absolute Gasteiger partial charge is 0.259 e. The van der Waals surface area contributed by atoms with Gasteiger partial charge >= 0.3 is 0 Å². The highest BCUT2D eigenvalue weighted by molar-refractivity contribution is 7.22. The molecule has 7 nitrogen and oxygen atoms in total. The summed E-state index contributed by atoms with van der Waals surface area (Å²) in [6.07, 6.45) is 0. The Hall–Kier alpha value is -3.13. The number of fused-ring (bicyclic) bond motifs is 1. The third kappa shape index (κ3) is 4.04. The Morgan fingerprint density at radius 3 is 2.80 bits per heavy atom. The van der Waals surface area contributed by atoms with E-state index in [0.717, 1.165) is 10.2 Å². The molecule has 0 spiro atoms. The van der Waals surface area contributed by atoms with E-state index >= 15 is 0 Å². The maximum atomic E-state index is 11.9. The molecule has 0 unspecified atom stereocenters. The molecule has 2 aromatic carbocycles. The van der Waals surface area contributed by atoms with Gasteiger partial charge in [0.15, 0.2) is 5.13 Å². The van der Waals surface area contributed by atoms with Crippen LogP contribution in [0.2, 0.25) is 0 Å². The lowest BCUT2D eigenvalue weighted by molar-refractivity contribution is -0.119. The van der Waals surface area contributed by atoms with E-state index in [1.165, 1.54) is 29.5 Å². The van der Waals surface area contributed by atoms with Crippen molar-refractivity contribution in [1.29, 1.82) is 0 Å². The molecule has 1 amide bonds. The van der Waals surface area contributed by atoms with Crippen LogP contribution in [0.1, 0.15) is 12.5 Å². The summed E-state index contributed by atoms with van der Waals surface area (Å²) in [5.74, 6) is -0.488. The summed E-state index contributed by atoms with van der Waals surface area (Å²) < 4.78 is 1.04. The molecule has 0 aliphatic heterocycles. The number of rotatable bonds is 5. The summed E-state index contributed by atoms with van der Waals surface area (Å²) in [6.45, 7) is 1.67. The molecule has 0 saturated heterocycles. The van der Waals surface area contributed by atoms with Crippen molar-refractivity contribution in [3.63, 3.8) is 0 Å². The van der Waals surface area contributed by atoms with Gasteiger partial charge in [0.2, 0.25) is 0 Å². The van der Waals surface area contributed by atoms with Crippen molar-refractivity contribution in [1.82, 2.24) is 10.4 Å². The second-order valence-corrected chi connectivity index (χ2v) is 6.30. The van der Waals surface area contributed by atoms with Gasteiger partial charge in [0.05, 0.1) is 22.5 Å². The fourth-order valence-corrected chi connectivity index (χ4v) is 3.04. The van der Waals surface area contributed by atoms with Gasteiger partial charge in [0.1, 0.15) is 11.5 Å². The van der Waals surface area contributed by atoms with Crippen LogP contribution < -0.4 is 10.7 Å². The van der Waals surface area contributed by atoms with E-state index in [2.05, 4.69) is 20.8 Å². The van der Waals surface area contributed by atoms with Gasteiger partial charge in [-0.2, -0.15) is 5.10 Å². The molecule has 3 rings (SSSR count). The van der Waals surface area contributed by atoms with Crippen LogP contribution in [0.25, 0.3) is 10.2 Å². The second kappa shape index (κ2) is 7.18. The summed E-state index contributed by atoms with van der Waals surface area (Å²) in [5.41, 5.74) is 4.15. The van der Waals surface area contributed by atoms with Crippen LogP contribution in [0.5, 0.6) is 11.5 Å². The van der Waals surface area contributed by atoms with Crippen LogP contribution in [0.15, 0.2) is 47.6 Å². The monoisotopic (exact) mass is 356 g/mol. The predicted molar refractivity (Wildman–Crippen MR) is 98.2 cm³/mol. The first kappa shape index (κ1) is 16.7. The van der Waals surface area contributed by atoms with E-state index in [0.29, 0.717) is 16.4 Å². The van der Waals surface area contributed by atoms with Crippen LogP contribution in [-0.4, -0.2) is 33.4 Å². The number of amides is 1. The average molecular weight is 356 g/mol. The Morgan fingerprint density at radius 2 is 2.04 bits per heavy atom. The van der Waals surface area contributed by atoms with Crippen LogP contribution in [-0.2, 0) is 4.79 Å². The van der Waals surface area contributed by atoms with Crippen LogP contribution in [0.4, 0.5) is 5.13 Å². The highest BCUT2D eigenvalue weighted by atomic mass is 32.1. The third-order valence-electron chi connectivity index (χ3n) is 3.41. The van der Waals surface area contributed by atoms with E-state index < -0.39 is 0 Å². The molecule has 0 atom stereocenters. The molecular weight excluding hydrogens is 340 g/mol. The summed E-state index contributed by atoms with van der Waals surface area (Å²) >= 11 is 1.47. The Kier molecular flexibility index (Phi) is 4.80. The van der Waals surface area contributed by atoms with Gasteiger partial charge in [-0.3, -0.25) is 4.79 Å². The van der Waals surface area contributed by atoms with Crippen molar-refractivity contribution in [2.75, 3.05) is 11.9 Å². The zero-order chi connectivity index (χ0) is 17.8. The number of thiazole rings is 1. The molecule has 0 aliphatic carbocycles. The summed E-state index contributed by atoms with van der Waals surface area (Å²) in [4.78, 5) is 16.3. The highest BCUT2D eigenvalue weighted by Crippen LogP contribution is 2.25. The maximum absolute atomic E-state index is 11.9. The third-order valence-corrected chi connectivity index (χ3v) is 4.41. The van der Waals surface area contributed by atoms with Crippen molar-refractivity contribution < 1.29 is 15.0 Å². The lowest BCUT2D eigenvalue weighted by Crippen LogP contribution is -2.26. The number of aromatic nitrogens is 1. The Labute approximate surface area is 147 Å². The van der Waals surface area contributed by atoms with E-state index in [1.54, 1.807) is 6.92 Å². The molecular formula is C17H16N4O3S. The number of hydrogen-bond donors (Lipinski definition) is 4. The Balaban J connectivity index is 1.58. The van der Waals surface area contributed by atoms with Crippen molar-refractivity contribution in [3.05, 3.63) is 48.0 Å². The molecule has 8 heteroatoms. The lowest BCUT2D eigenvalue weighted by atomic mass is 10.1. The Bertz CT molecular complexity index is 919. The summed E-state index contributed by atoms with van der Waals surface area (Å²) in [6, 6.07) is 11.9. The minimum atomic E-state index is -0.336. The second-order valence-electron chi connectivity index (χ2n) is 5.27. The number of nitrogens with zero attached hydrogens (tertiary/aromatic N) is 2. The molecule has 128 valence electrons. The van der Waals surface area contributed by atoms with Gasteiger partial charge < -0.3 is 15.5 Å². The number of carbonyl (C=O) groups is 1.